The summed E-state index contributed by atoms with van der Waals surface area (Å²) in [5.41, 5.74) is 0. The quantitative estimate of drug-likeness (QED) is 0.806. The predicted molar refractivity (Wildman–Crippen MR) is 63.7 cm³/mol. The number of nitrogens with one attached hydrogen (secondary N) is 2. The van der Waals surface area contributed by atoms with E-state index in [9.17, 15) is 4.79 Å². The summed E-state index contributed by atoms with van der Waals surface area (Å²) in [5, 5.41) is 9.87. The van der Waals surface area contributed by atoms with E-state index >= 15 is 0 Å². The van der Waals surface area contributed by atoms with Crippen LogP contribution < -0.4 is 5.32 Å². The molecule has 0 aromatic carbocycles. The van der Waals surface area contributed by atoms with Crippen molar-refractivity contribution in [2.24, 2.45) is 0 Å². The van der Waals surface area contributed by atoms with E-state index in [1.165, 1.54) is 0 Å². The third kappa shape index (κ3) is 2.75. The lowest BCUT2D eigenvalue weighted by molar-refractivity contribution is 0.179. The molecule has 1 aliphatic heterocycles. The number of hydrogen-bond acceptors (Lipinski definition) is 3. The normalized spacial score (nSPS) is 20.4. The van der Waals surface area contributed by atoms with Gasteiger partial charge >= 0.3 is 6.03 Å². The Morgan fingerprint density at radius 3 is 3.12 bits per heavy atom. The number of aromatic amines is 1. The van der Waals surface area contributed by atoms with Gasteiger partial charge in [0.2, 0.25) is 0 Å². The maximum atomic E-state index is 11.7. The van der Waals surface area contributed by atoms with Crippen LogP contribution in [0.25, 0.3) is 0 Å². The first-order valence-electron chi connectivity index (χ1n) is 6.12. The Balaban J connectivity index is 1.99. The second kappa shape index (κ2) is 5.16. The highest BCUT2D eigenvalue weighted by molar-refractivity contribution is 5.74. The number of amides is 2. The summed E-state index contributed by atoms with van der Waals surface area (Å²) in [6.45, 7) is 6.02. The van der Waals surface area contributed by atoms with Crippen LogP contribution in [0.2, 0.25) is 0 Å². The highest BCUT2D eigenvalue weighted by atomic mass is 16.2. The molecule has 2 heterocycles. The second-order valence-electron chi connectivity index (χ2n) is 4.40. The molecule has 1 aliphatic rings. The van der Waals surface area contributed by atoms with Gasteiger partial charge in [-0.25, -0.2) is 9.78 Å². The minimum absolute atomic E-state index is 0.0180. The zero-order chi connectivity index (χ0) is 12.3. The molecular weight excluding hydrogens is 218 g/mol. The number of aromatic nitrogens is 3. The van der Waals surface area contributed by atoms with Gasteiger partial charge in [-0.2, -0.15) is 5.10 Å². The molecule has 2 N–H and O–H groups in total. The van der Waals surface area contributed by atoms with Crippen LogP contribution in [0.15, 0.2) is 0 Å². The van der Waals surface area contributed by atoms with Crippen molar-refractivity contribution in [3.05, 3.63) is 11.6 Å². The number of carbonyl (C=O) groups is 1. The number of likely N-dealkylation sites (tertiary alicyclic amines) is 1. The summed E-state index contributed by atoms with van der Waals surface area (Å²) in [5.74, 6) is 1.92. The minimum atomic E-state index is 0.0180. The fourth-order valence-corrected chi connectivity index (χ4v) is 2.18. The van der Waals surface area contributed by atoms with E-state index in [4.69, 9.17) is 0 Å². The number of piperidine rings is 1. The van der Waals surface area contributed by atoms with E-state index in [0.717, 1.165) is 31.0 Å². The fourth-order valence-electron chi connectivity index (χ4n) is 2.18. The lowest BCUT2D eigenvalue weighted by Crippen LogP contribution is -2.45. The molecule has 1 aromatic heterocycles. The van der Waals surface area contributed by atoms with Crippen LogP contribution in [0.5, 0.6) is 0 Å². The third-order valence-corrected chi connectivity index (χ3v) is 3.02. The Hall–Kier alpha value is -1.59. The topological polar surface area (TPSA) is 73.9 Å². The minimum Gasteiger partial charge on any atom is -0.338 e. The van der Waals surface area contributed by atoms with Crippen LogP contribution in [-0.4, -0.2) is 45.7 Å². The van der Waals surface area contributed by atoms with Crippen molar-refractivity contribution in [1.29, 1.82) is 0 Å². The SMILES string of the molecule is CCNC(=O)N1CCC[C@H](c2n[nH]c(C)n2)C1. The van der Waals surface area contributed by atoms with Gasteiger partial charge in [0.05, 0.1) is 0 Å². The molecule has 0 spiro atoms. The molecular formula is C11H19N5O. The van der Waals surface area contributed by atoms with Crippen LogP contribution in [0.4, 0.5) is 4.79 Å². The fraction of sp³-hybridized carbons (Fsp3) is 0.727. The average molecular weight is 237 g/mol. The lowest BCUT2D eigenvalue weighted by Gasteiger charge is -2.31. The second-order valence-corrected chi connectivity index (χ2v) is 4.40. The lowest BCUT2D eigenvalue weighted by atomic mass is 9.98. The van der Waals surface area contributed by atoms with Crippen molar-refractivity contribution in [3.8, 4) is 0 Å². The van der Waals surface area contributed by atoms with E-state index in [0.29, 0.717) is 13.1 Å². The van der Waals surface area contributed by atoms with E-state index in [1.807, 2.05) is 18.7 Å². The number of H-pyrrole nitrogens is 1. The molecule has 1 saturated heterocycles. The zero-order valence-electron chi connectivity index (χ0n) is 10.4. The van der Waals surface area contributed by atoms with Crippen LogP contribution in [-0.2, 0) is 0 Å². The smallest absolute Gasteiger partial charge is 0.317 e. The first-order valence-corrected chi connectivity index (χ1v) is 6.12. The van der Waals surface area contributed by atoms with Gasteiger partial charge in [0.1, 0.15) is 5.82 Å². The molecule has 1 aromatic rings. The summed E-state index contributed by atoms with van der Waals surface area (Å²) >= 11 is 0. The summed E-state index contributed by atoms with van der Waals surface area (Å²) in [6.07, 6.45) is 2.06. The van der Waals surface area contributed by atoms with E-state index < -0.39 is 0 Å². The predicted octanol–water partition coefficient (Wildman–Crippen LogP) is 1.02. The molecule has 17 heavy (non-hydrogen) atoms. The van der Waals surface area contributed by atoms with Crippen molar-refractivity contribution in [1.82, 2.24) is 25.4 Å². The average Bonchev–Trinajstić information content (AvgIpc) is 2.76. The Morgan fingerprint density at radius 2 is 2.47 bits per heavy atom. The van der Waals surface area contributed by atoms with Gasteiger partial charge in [-0.1, -0.05) is 0 Å². The van der Waals surface area contributed by atoms with Crippen LogP contribution >= 0.6 is 0 Å². The Kier molecular flexibility index (Phi) is 3.61. The molecule has 6 nitrogen and oxygen atoms in total. The number of hydrogen-bond donors (Lipinski definition) is 2. The maximum absolute atomic E-state index is 11.7. The van der Waals surface area contributed by atoms with Crippen molar-refractivity contribution in [2.45, 2.75) is 32.6 Å². The highest BCUT2D eigenvalue weighted by Gasteiger charge is 2.26. The standard InChI is InChI=1S/C11H19N5O/c1-3-12-11(17)16-6-4-5-9(7-16)10-13-8(2)14-15-10/h9H,3-7H2,1-2H3,(H,12,17)(H,13,14,15)/t9-/m0/s1. The number of carbonyl (C=O) groups excluding carboxylic acids is 1. The van der Waals surface area contributed by atoms with Gasteiger partial charge in [0.15, 0.2) is 5.82 Å². The van der Waals surface area contributed by atoms with Gasteiger partial charge < -0.3 is 10.2 Å². The molecule has 6 heteroatoms. The third-order valence-electron chi connectivity index (χ3n) is 3.02. The Morgan fingerprint density at radius 1 is 1.65 bits per heavy atom. The van der Waals surface area contributed by atoms with Gasteiger partial charge in [0.25, 0.3) is 0 Å². The summed E-state index contributed by atoms with van der Waals surface area (Å²) in [6, 6.07) is 0.0180. The summed E-state index contributed by atoms with van der Waals surface area (Å²) in [4.78, 5) is 17.9. The molecule has 0 aliphatic carbocycles. The number of rotatable bonds is 2. The molecule has 0 bridgehead atoms. The van der Waals surface area contributed by atoms with Crippen molar-refractivity contribution < 1.29 is 4.79 Å². The first-order chi connectivity index (χ1) is 8.20. The van der Waals surface area contributed by atoms with Crippen LogP contribution in [0.3, 0.4) is 0 Å². The largest absolute Gasteiger partial charge is 0.338 e. The van der Waals surface area contributed by atoms with Crippen molar-refractivity contribution >= 4 is 6.03 Å². The van der Waals surface area contributed by atoms with Gasteiger partial charge in [-0.05, 0) is 26.7 Å². The van der Waals surface area contributed by atoms with E-state index in [-0.39, 0.29) is 11.9 Å². The molecule has 0 radical (unpaired) electrons. The molecule has 1 atom stereocenters. The molecule has 0 saturated carbocycles. The number of aryl methyl sites for hydroxylation is 1. The van der Waals surface area contributed by atoms with E-state index in [1.54, 1.807) is 0 Å². The number of urea groups is 1. The van der Waals surface area contributed by atoms with Gasteiger partial charge in [-0.15, -0.1) is 0 Å². The molecule has 2 rings (SSSR count). The monoisotopic (exact) mass is 237 g/mol. The Bertz CT molecular complexity index is 389. The summed E-state index contributed by atoms with van der Waals surface area (Å²) in [7, 11) is 0. The molecule has 1 fully saturated rings. The maximum Gasteiger partial charge on any atom is 0.317 e. The molecule has 0 unspecified atom stereocenters. The number of nitrogens with zero attached hydrogens (tertiary/aromatic N) is 3. The first kappa shape index (κ1) is 11.9. The molecule has 94 valence electrons. The van der Waals surface area contributed by atoms with E-state index in [2.05, 4.69) is 20.5 Å². The summed E-state index contributed by atoms with van der Waals surface area (Å²) < 4.78 is 0. The van der Waals surface area contributed by atoms with Crippen molar-refractivity contribution in [2.75, 3.05) is 19.6 Å². The van der Waals surface area contributed by atoms with Crippen LogP contribution in [0.1, 0.15) is 37.3 Å². The Labute approximate surface area is 101 Å². The highest BCUT2D eigenvalue weighted by Crippen LogP contribution is 2.24. The van der Waals surface area contributed by atoms with Gasteiger partial charge in [-0.3, -0.25) is 5.10 Å². The van der Waals surface area contributed by atoms with Crippen LogP contribution in [0, 0.1) is 6.92 Å². The van der Waals surface area contributed by atoms with Gasteiger partial charge in [0, 0.05) is 25.6 Å². The zero-order valence-corrected chi connectivity index (χ0v) is 10.4. The van der Waals surface area contributed by atoms with Crippen molar-refractivity contribution in [3.63, 3.8) is 0 Å². The molecule has 2 amide bonds.